The Kier molecular flexibility index (Phi) is 5.69. The lowest BCUT2D eigenvalue weighted by Gasteiger charge is -2.18. The van der Waals surface area contributed by atoms with Gasteiger partial charge in [-0.05, 0) is 23.6 Å². The Morgan fingerprint density at radius 2 is 2.16 bits per heavy atom. The minimum Gasteiger partial charge on any atom is -0.393 e. The summed E-state index contributed by atoms with van der Waals surface area (Å²) in [6, 6.07) is 4.30. The fraction of sp³-hybridized carbons (Fsp3) is 0.385. The van der Waals surface area contributed by atoms with E-state index < -0.39 is 11.7 Å². The fourth-order valence-electron chi connectivity index (χ4n) is 1.71. The van der Waals surface area contributed by atoms with E-state index in [9.17, 15) is 9.18 Å². The standard InChI is InChI=1S/C13H16ClFN2OS/c1-7(2)11(12(16)19)13(18)17-6-8-3-4-10(15)9(14)5-8/h3-5,7,11H,6H2,1-2H3,(H2,16,19)(H,17,18). The molecule has 0 aliphatic heterocycles. The molecule has 1 aromatic rings. The highest BCUT2D eigenvalue weighted by Gasteiger charge is 2.24. The Labute approximate surface area is 122 Å². The van der Waals surface area contributed by atoms with Gasteiger partial charge in [-0.15, -0.1) is 0 Å². The lowest BCUT2D eigenvalue weighted by atomic mass is 9.95. The number of halogens is 2. The SMILES string of the molecule is CC(C)C(C(=O)NCc1ccc(F)c(Cl)c1)C(N)=S. The highest BCUT2D eigenvalue weighted by molar-refractivity contribution is 7.80. The zero-order valence-corrected chi connectivity index (χ0v) is 12.3. The van der Waals surface area contributed by atoms with Crippen molar-refractivity contribution in [2.24, 2.45) is 17.6 Å². The monoisotopic (exact) mass is 302 g/mol. The number of rotatable bonds is 5. The number of nitrogens with one attached hydrogen (secondary N) is 1. The largest absolute Gasteiger partial charge is 0.393 e. The molecule has 1 amide bonds. The van der Waals surface area contributed by atoms with Crippen molar-refractivity contribution in [3.63, 3.8) is 0 Å². The Hall–Kier alpha value is -1.20. The molecule has 1 rings (SSSR count). The second-order valence-corrected chi connectivity index (χ2v) is 5.47. The van der Waals surface area contributed by atoms with Crippen molar-refractivity contribution in [1.82, 2.24) is 5.32 Å². The van der Waals surface area contributed by atoms with Crippen molar-refractivity contribution in [3.05, 3.63) is 34.6 Å². The first-order chi connectivity index (χ1) is 8.82. The Balaban J connectivity index is 2.67. The smallest absolute Gasteiger partial charge is 0.230 e. The van der Waals surface area contributed by atoms with Gasteiger partial charge in [0.05, 0.1) is 15.9 Å². The zero-order chi connectivity index (χ0) is 14.6. The second kappa shape index (κ2) is 6.82. The number of amides is 1. The van der Waals surface area contributed by atoms with E-state index in [-0.39, 0.29) is 28.4 Å². The van der Waals surface area contributed by atoms with Gasteiger partial charge in [0.1, 0.15) is 5.82 Å². The Morgan fingerprint density at radius 1 is 1.53 bits per heavy atom. The molecule has 0 heterocycles. The molecule has 0 fully saturated rings. The normalized spacial score (nSPS) is 12.3. The molecule has 0 radical (unpaired) electrons. The molecule has 0 aliphatic rings. The first-order valence-corrected chi connectivity index (χ1v) is 6.62. The lowest BCUT2D eigenvalue weighted by molar-refractivity contribution is -0.124. The van der Waals surface area contributed by atoms with Crippen molar-refractivity contribution < 1.29 is 9.18 Å². The molecule has 3 N–H and O–H groups in total. The number of nitrogens with two attached hydrogens (primary N) is 1. The fourth-order valence-corrected chi connectivity index (χ4v) is 2.29. The first-order valence-electron chi connectivity index (χ1n) is 5.84. The van der Waals surface area contributed by atoms with Gasteiger partial charge in [-0.1, -0.05) is 43.7 Å². The maximum absolute atomic E-state index is 13.0. The van der Waals surface area contributed by atoms with Gasteiger partial charge in [0.15, 0.2) is 0 Å². The maximum Gasteiger partial charge on any atom is 0.230 e. The molecule has 3 nitrogen and oxygen atoms in total. The van der Waals surface area contributed by atoms with Crippen LogP contribution in [0.4, 0.5) is 4.39 Å². The van der Waals surface area contributed by atoms with Crippen molar-refractivity contribution in [3.8, 4) is 0 Å². The first kappa shape index (κ1) is 15.9. The van der Waals surface area contributed by atoms with Crippen LogP contribution in [-0.4, -0.2) is 10.9 Å². The minimum atomic E-state index is -0.508. The summed E-state index contributed by atoms with van der Waals surface area (Å²) in [7, 11) is 0. The van der Waals surface area contributed by atoms with Gasteiger partial charge in [-0.2, -0.15) is 0 Å². The molecule has 1 unspecified atom stereocenters. The van der Waals surface area contributed by atoms with Gasteiger partial charge in [0, 0.05) is 6.54 Å². The summed E-state index contributed by atoms with van der Waals surface area (Å²) in [6.45, 7) is 4.00. The van der Waals surface area contributed by atoms with Crippen LogP contribution in [0, 0.1) is 17.7 Å². The van der Waals surface area contributed by atoms with Crippen molar-refractivity contribution in [2.45, 2.75) is 20.4 Å². The molecule has 19 heavy (non-hydrogen) atoms. The predicted octanol–water partition coefficient (Wildman–Crippen LogP) is 2.65. The third-order valence-corrected chi connectivity index (χ3v) is 3.25. The molecule has 104 valence electrons. The zero-order valence-electron chi connectivity index (χ0n) is 10.7. The summed E-state index contributed by atoms with van der Waals surface area (Å²) in [4.78, 5) is 12.1. The number of carbonyl (C=O) groups excluding carboxylic acids is 1. The highest BCUT2D eigenvalue weighted by Crippen LogP contribution is 2.16. The van der Waals surface area contributed by atoms with E-state index in [0.717, 1.165) is 0 Å². The van der Waals surface area contributed by atoms with Crippen LogP contribution >= 0.6 is 23.8 Å². The van der Waals surface area contributed by atoms with Crippen LogP contribution in [0.3, 0.4) is 0 Å². The van der Waals surface area contributed by atoms with Crippen molar-refractivity contribution in [1.29, 1.82) is 0 Å². The van der Waals surface area contributed by atoms with Gasteiger partial charge in [0.25, 0.3) is 0 Å². The van der Waals surface area contributed by atoms with Crippen LogP contribution in [0.15, 0.2) is 18.2 Å². The van der Waals surface area contributed by atoms with Crippen molar-refractivity contribution in [2.75, 3.05) is 0 Å². The molecule has 0 saturated carbocycles. The number of hydrogen-bond acceptors (Lipinski definition) is 2. The van der Waals surface area contributed by atoms with Gasteiger partial charge in [0.2, 0.25) is 5.91 Å². The van der Waals surface area contributed by atoms with E-state index in [0.29, 0.717) is 5.56 Å². The Morgan fingerprint density at radius 3 is 2.63 bits per heavy atom. The molecule has 6 heteroatoms. The number of carbonyl (C=O) groups is 1. The van der Waals surface area contributed by atoms with E-state index in [1.54, 1.807) is 6.07 Å². The van der Waals surface area contributed by atoms with Gasteiger partial charge in [-0.3, -0.25) is 4.79 Å². The summed E-state index contributed by atoms with van der Waals surface area (Å²) in [6.07, 6.45) is 0. The molecular formula is C13H16ClFN2OS. The quantitative estimate of drug-likeness (QED) is 0.822. The van der Waals surface area contributed by atoms with Gasteiger partial charge >= 0.3 is 0 Å². The molecule has 0 spiro atoms. The molecule has 1 aromatic carbocycles. The third kappa shape index (κ3) is 4.44. The van der Waals surface area contributed by atoms with Crippen LogP contribution in [-0.2, 0) is 11.3 Å². The number of hydrogen-bond donors (Lipinski definition) is 2. The van der Waals surface area contributed by atoms with E-state index in [1.165, 1.54) is 12.1 Å². The maximum atomic E-state index is 13.0. The highest BCUT2D eigenvalue weighted by atomic mass is 35.5. The molecule has 1 atom stereocenters. The number of benzene rings is 1. The van der Waals surface area contributed by atoms with Crippen LogP contribution in [0.5, 0.6) is 0 Å². The summed E-state index contributed by atoms with van der Waals surface area (Å²) in [5.41, 5.74) is 6.26. The average Bonchev–Trinajstić information content (AvgIpc) is 2.29. The molecule has 0 aliphatic carbocycles. The second-order valence-electron chi connectivity index (χ2n) is 4.59. The minimum absolute atomic E-state index is 0.0225. The van der Waals surface area contributed by atoms with Crippen LogP contribution in [0.2, 0.25) is 5.02 Å². The summed E-state index contributed by atoms with van der Waals surface area (Å²) < 4.78 is 13.0. The Bertz CT molecular complexity index is 494. The summed E-state index contributed by atoms with van der Waals surface area (Å²) >= 11 is 10.5. The van der Waals surface area contributed by atoms with E-state index in [2.05, 4.69) is 5.32 Å². The van der Waals surface area contributed by atoms with Crippen LogP contribution in [0.25, 0.3) is 0 Å². The molecular weight excluding hydrogens is 287 g/mol. The van der Waals surface area contributed by atoms with Crippen LogP contribution < -0.4 is 11.1 Å². The molecule has 0 saturated heterocycles. The van der Waals surface area contributed by atoms with Crippen molar-refractivity contribution >= 4 is 34.7 Å². The van der Waals surface area contributed by atoms with E-state index >= 15 is 0 Å². The van der Waals surface area contributed by atoms with Crippen LogP contribution in [0.1, 0.15) is 19.4 Å². The van der Waals surface area contributed by atoms with Gasteiger partial charge < -0.3 is 11.1 Å². The van der Waals surface area contributed by atoms with E-state index in [4.69, 9.17) is 29.6 Å². The van der Waals surface area contributed by atoms with Gasteiger partial charge in [-0.25, -0.2) is 4.39 Å². The lowest BCUT2D eigenvalue weighted by Crippen LogP contribution is -2.40. The third-order valence-electron chi connectivity index (χ3n) is 2.71. The average molecular weight is 303 g/mol. The number of thiocarbonyl (C=S) groups is 1. The van der Waals surface area contributed by atoms with E-state index in [1.807, 2.05) is 13.8 Å². The predicted molar refractivity (Wildman–Crippen MR) is 78.4 cm³/mol. The summed E-state index contributed by atoms with van der Waals surface area (Å²) in [5.74, 6) is -1.21. The molecule has 0 aromatic heterocycles. The topological polar surface area (TPSA) is 55.1 Å². The summed E-state index contributed by atoms with van der Waals surface area (Å²) in [5, 5.41) is 2.75. The molecule has 0 bridgehead atoms.